The number of ether oxygens (including phenoxy) is 1. The highest BCUT2D eigenvalue weighted by Crippen LogP contribution is 2.18. The van der Waals surface area contributed by atoms with Crippen molar-refractivity contribution in [2.24, 2.45) is 0 Å². The summed E-state index contributed by atoms with van der Waals surface area (Å²) in [5.41, 5.74) is 4.38. The molecule has 1 unspecified atom stereocenters. The van der Waals surface area contributed by atoms with Gasteiger partial charge in [0, 0.05) is 12.8 Å². The maximum atomic E-state index is 5.47. The molecule has 1 atom stereocenters. The average Bonchev–Trinajstić information content (AvgIpc) is 2.75. The van der Waals surface area contributed by atoms with Crippen LogP contribution in [0.5, 0.6) is 0 Å². The second kappa shape index (κ2) is 5.07. The number of hydrogen-bond acceptors (Lipinski definition) is 2. The van der Waals surface area contributed by atoms with Crippen LogP contribution in [0, 0.1) is 11.5 Å². The Morgan fingerprint density at radius 3 is 2.94 bits per heavy atom. The van der Waals surface area contributed by atoms with Crippen LogP contribution in [0.25, 0.3) is 0 Å². The van der Waals surface area contributed by atoms with E-state index in [1.165, 1.54) is 0 Å². The van der Waals surface area contributed by atoms with Gasteiger partial charge < -0.3 is 4.74 Å². The molecule has 0 radical (unpaired) electrons. The van der Waals surface area contributed by atoms with E-state index >= 15 is 0 Å². The molecule has 1 aromatic rings. The third-order valence-electron chi connectivity index (χ3n) is 2.69. The molecule has 0 amide bonds. The van der Waals surface area contributed by atoms with Crippen molar-refractivity contribution >= 4 is 8.07 Å². The zero-order valence-corrected chi connectivity index (χ0v) is 11.9. The molecule has 0 aromatic carbocycles. The third-order valence-corrected chi connectivity index (χ3v) is 3.57. The molecule has 1 aliphatic rings. The largest absolute Gasteiger partial charge is 0.379 e. The third kappa shape index (κ3) is 3.72. The molecule has 17 heavy (non-hydrogen) atoms. The fourth-order valence-corrected chi connectivity index (χ4v) is 2.31. The van der Waals surface area contributed by atoms with Gasteiger partial charge in [-0.25, -0.2) is 0 Å². The molecule has 1 aromatic heterocycles. The van der Waals surface area contributed by atoms with Gasteiger partial charge in [-0.2, -0.15) is 5.10 Å². The first kappa shape index (κ1) is 12.4. The summed E-state index contributed by atoms with van der Waals surface area (Å²) in [5.74, 6) is 3.23. The Balaban J connectivity index is 2.07. The predicted molar refractivity (Wildman–Crippen MR) is 71.5 cm³/mol. The first-order valence-corrected chi connectivity index (χ1v) is 9.70. The summed E-state index contributed by atoms with van der Waals surface area (Å²) in [5, 5.41) is 4.39. The minimum absolute atomic E-state index is 0.395. The monoisotopic (exact) mass is 248 g/mol. The molecule has 3 nitrogen and oxygen atoms in total. The smallest absolute Gasteiger partial charge is 0.129 e. The first-order valence-electron chi connectivity index (χ1n) is 6.20. The first-order chi connectivity index (χ1) is 8.04. The minimum atomic E-state index is -1.29. The maximum absolute atomic E-state index is 5.47. The molecular formula is C13H20N2OSi. The van der Waals surface area contributed by atoms with Crippen molar-refractivity contribution < 1.29 is 4.74 Å². The fourth-order valence-electron chi connectivity index (χ4n) is 1.79. The van der Waals surface area contributed by atoms with Gasteiger partial charge in [0.05, 0.1) is 24.4 Å². The van der Waals surface area contributed by atoms with Gasteiger partial charge in [0.15, 0.2) is 0 Å². The van der Waals surface area contributed by atoms with E-state index in [2.05, 4.69) is 36.2 Å². The van der Waals surface area contributed by atoms with E-state index in [-0.39, 0.29) is 0 Å². The molecule has 0 spiro atoms. The maximum Gasteiger partial charge on any atom is 0.129 e. The lowest BCUT2D eigenvalue weighted by molar-refractivity contribution is 0.0549. The van der Waals surface area contributed by atoms with Crippen molar-refractivity contribution in [3.63, 3.8) is 0 Å². The summed E-state index contributed by atoms with van der Waals surface area (Å²) in [6, 6.07) is 0.395. The number of aromatic nitrogens is 2. The van der Waals surface area contributed by atoms with Gasteiger partial charge in [0.2, 0.25) is 0 Å². The average molecular weight is 248 g/mol. The second-order valence-corrected chi connectivity index (χ2v) is 10.3. The van der Waals surface area contributed by atoms with Crippen molar-refractivity contribution in [2.45, 2.75) is 38.5 Å². The summed E-state index contributed by atoms with van der Waals surface area (Å²) in [4.78, 5) is 0. The van der Waals surface area contributed by atoms with Gasteiger partial charge >= 0.3 is 0 Å². The number of hydrogen-bond donors (Lipinski definition) is 0. The number of rotatable bonds is 1. The van der Waals surface area contributed by atoms with Crippen LogP contribution in [0.3, 0.4) is 0 Å². The highest BCUT2D eigenvalue weighted by molar-refractivity contribution is 6.83. The van der Waals surface area contributed by atoms with Gasteiger partial charge in [-0.15, -0.1) is 5.54 Å². The molecule has 4 heteroatoms. The molecule has 0 saturated carbocycles. The van der Waals surface area contributed by atoms with Crippen molar-refractivity contribution in [3.05, 3.63) is 18.0 Å². The van der Waals surface area contributed by atoms with E-state index in [4.69, 9.17) is 4.74 Å². The van der Waals surface area contributed by atoms with Crippen molar-refractivity contribution in [2.75, 3.05) is 13.2 Å². The standard InChI is InChI=1S/C13H20N2OSi/c1-17(2,3)8-6-12-9-14-15(10-12)13-5-4-7-16-11-13/h9-10,13H,4-5,7,11H2,1-3H3. The van der Waals surface area contributed by atoms with Crippen molar-refractivity contribution in [1.29, 1.82) is 0 Å². The molecule has 2 rings (SSSR count). The topological polar surface area (TPSA) is 27.1 Å². The predicted octanol–water partition coefficient (Wildman–Crippen LogP) is 2.46. The minimum Gasteiger partial charge on any atom is -0.379 e. The Morgan fingerprint density at radius 2 is 2.29 bits per heavy atom. The molecule has 1 fully saturated rings. The molecule has 0 aliphatic carbocycles. The van der Waals surface area contributed by atoms with Gasteiger partial charge in [0.25, 0.3) is 0 Å². The fraction of sp³-hybridized carbons (Fsp3) is 0.615. The van der Waals surface area contributed by atoms with E-state index in [1.54, 1.807) is 0 Å². The summed E-state index contributed by atoms with van der Waals surface area (Å²) in [7, 11) is -1.29. The van der Waals surface area contributed by atoms with E-state index < -0.39 is 8.07 Å². The van der Waals surface area contributed by atoms with Crippen LogP contribution in [0.1, 0.15) is 24.4 Å². The van der Waals surface area contributed by atoms with Crippen LogP contribution in [-0.2, 0) is 4.74 Å². The SMILES string of the molecule is C[Si](C)(C)C#Cc1cnn(C2CCCOC2)c1. The molecule has 0 N–H and O–H groups in total. The Labute approximate surface area is 104 Å². The van der Waals surface area contributed by atoms with Gasteiger partial charge in [-0.3, -0.25) is 4.68 Å². The van der Waals surface area contributed by atoms with E-state index in [0.29, 0.717) is 6.04 Å². The molecule has 1 aliphatic heterocycles. The Morgan fingerprint density at radius 1 is 1.47 bits per heavy atom. The Kier molecular flexibility index (Phi) is 3.70. The van der Waals surface area contributed by atoms with Crippen molar-refractivity contribution in [3.8, 4) is 11.5 Å². The molecule has 1 saturated heterocycles. The summed E-state index contributed by atoms with van der Waals surface area (Å²) in [6.07, 6.45) is 6.19. The van der Waals surface area contributed by atoms with E-state index in [9.17, 15) is 0 Å². The van der Waals surface area contributed by atoms with Crippen LogP contribution in [-0.4, -0.2) is 31.1 Å². The Hall–Kier alpha value is -1.05. The lowest BCUT2D eigenvalue weighted by atomic mass is 10.1. The van der Waals surface area contributed by atoms with E-state index in [0.717, 1.165) is 31.6 Å². The van der Waals surface area contributed by atoms with Crippen LogP contribution < -0.4 is 0 Å². The molecular weight excluding hydrogens is 228 g/mol. The van der Waals surface area contributed by atoms with Crippen LogP contribution in [0.2, 0.25) is 19.6 Å². The van der Waals surface area contributed by atoms with Crippen molar-refractivity contribution in [1.82, 2.24) is 9.78 Å². The van der Waals surface area contributed by atoms with Gasteiger partial charge in [-0.05, 0) is 12.8 Å². The molecule has 0 bridgehead atoms. The molecule has 92 valence electrons. The molecule has 2 heterocycles. The lowest BCUT2D eigenvalue weighted by Gasteiger charge is -2.22. The van der Waals surface area contributed by atoms with Gasteiger partial charge in [0.1, 0.15) is 8.07 Å². The summed E-state index contributed by atoms with van der Waals surface area (Å²) < 4.78 is 7.48. The normalized spacial score (nSPS) is 20.8. The summed E-state index contributed by atoms with van der Waals surface area (Å²) in [6.45, 7) is 8.42. The van der Waals surface area contributed by atoms with Crippen LogP contribution >= 0.6 is 0 Å². The van der Waals surface area contributed by atoms with Crippen LogP contribution in [0.4, 0.5) is 0 Å². The summed E-state index contributed by atoms with van der Waals surface area (Å²) >= 11 is 0. The highest BCUT2D eigenvalue weighted by Gasteiger charge is 2.16. The Bertz CT molecular complexity index is 430. The lowest BCUT2D eigenvalue weighted by Crippen LogP contribution is -2.21. The zero-order chi connectivity index (χ0) is 12.3. The quantitative estimate of drug-likeness (QED) is 0.564. The highest BCUT2D eigenvalue weighted by atomic mass is 28.3. The van der Waals surface area contributed by atoms with Crippen LogP contribution in [0.15, 0.2) is 12.4 Å². The van der Waals surface area contributed by atoms with Gasteiger partial charge in [-0.1, -0.05) is 25.6 Å². The second-order valence-electron chi connectivity index (χ2n) is 5.58. The number of nitrogens with zero attached hydrogens (tertiary/aromatic N) is 2. The van der Waals surface area contributed by atoms with E-state index in [1.807, 2.05) is 17.1 Å². The zero-order valence-electron chi connectivity index (χ0n) is 10.9.